The number of primary amides is 1. The molecule has 30 heavy (non-hydrogen) atoms. The van der Waals surface area contributed by atoms with E-state index in [2.05, 4.69) is 59.1 Å². The van der Waals surface area contributed by atoms with Crippen LogP contribution in [0.2, 0.25) is 0 Å². The number of carbonyl (C=O) groups is 1. The second-order valence-electron chi connectivity index (χ2n) is 8.66. The van der Waals surface area contributed by atoms with Gasteiger partial charge in [0.1, 0.15) is 12.2 Å². The first-order valence-electron chi connectivity index (χ1n) is 10.6. The fourth-order valence-corrected chi connectivity index (χ4v) is 5.04. The number of aromatic nitrogens is 2. The van der Waals surface area contributed by atoms with Gasteiger partial charge in [-0.25, -0.2) is 14.0 Å². The largest absolute Gasteiger partial charge is 0.419 e. The highest BCUT2D eigenvalue weighted by Gasteiger charge is 2.50. The third-order valence-electron chi connectivity index (χ3n) is 6.66. The zero-order chi connectivity index (χ0) is 21.3. The Bertz CT molecular complexity index is 939. The number of nitrogens with two attached hydrogens (primary N) is 1. The molecular formula is C22H30N7O+. The molecule has 2 aliphatic heterocycles. The molecule has 2 aliphatic rings. The third kappa shape index (κ3) is 3.55. The molecule has 158 valence electrons. The van der Waals surface area contributed by atoms with Crippen molar-refractivity contribution in [1.82, 2.24) is 19.2 Å². The minimum absolute atomic E-state index is 0.150. The average molecular weight is 409 g/mol. The molecule has 2 fully saturated rings. The number of nitriles is 1. The van der Waals surface area contributed by atoms with E-state index in [0.29, 0.717) is 12.5 Å². The maximum atomic E-state index is 12.4. The van der Waals surface area contributed by atoms with E-state index in [-0.39, 0.29) is 16.6 Å². The van der Waals surface area contributed by atoms with Crippen molar-refractivity contribution < 1.29 is 4.79 Å². The summed E-state index contributed by atoms with van der Waals surface area (Å²) in [5.41, 5.74) is 8.85. The number of hydrogen-bond donors (Lipinski definition) is 1. The standard InChI is InChI=1S/C22H29N7O/c1-17-13-18(2)29(16-17,22(24)30)21-14-25-28(15-21)20-5-3-19(4-6-20)27-11-9-26(8-7-23)10-12-27/h3-6,14-15,17-18H,8-13,16H2,1-2H3,(H-,24,30)/p+1/t17-,18?,29?/m0/s1. The maximum Gasteiger partial charge on any atom is 0.419 e. The predicted molar refractivity (Wildman–Crippen MR) is 117 cm³/mol. The van der Waals surface area contributed by atoms with E-state index in [9.17, 15) is 4.79 Å². The van der Waals surface area contributed by atoms with Crippen molar-refractivity contribution in [3.8, 4) is 11.8 Å². The number of nitrogens with zero attached hydrogens (tertiary/aromatic N) is 6. The van der Waals surface area contributed by atoms with Gasteiger partial charge in [-0.05, 0) is 31.2 Å². The van der Waals surface area contributed by atoms with Crippen molar-refractivity contribution in [2.75, 3.05) is 44.2 Å². The minimum atomic E-state index is -0.308. The van der Waals surface area contributed by atoms with Gasteiger partial charge in [0, 0.05) is 44.2 Å². The second-order valence-corrected chi connectivity index (χ2v) is 8.66. The fraction of sp³-hybridized carbons (Fsp3) is 0.500. The number of benzene rings is 1. The minimum Gasteiger partial charge on any atom is -0.369 e. The summed E-state index contributed by atoms with van der Waals surface area (Å²) in [6.45, 7) is 9.13. The Morgan fingerprint density at radius 1 is 1.20 bits per heavy atom. The van der Waals surface area contributed by atoms with Gasteiger partial charge >= 0.3 is 6.03 Å². The Balaban J connectivity index is 1.51. The van der Waals surface area contributed by atoms with Crippen LogP contribution in [0.3, 0.4) is 0 Å². The summed E-state index contributed by atoms with van der Waals surface area (Å²) in [6.07, 6.45) is 4.70. The summed E-state index contributed by atoms with van der Waals surface area (Å²) in [4.78, 5) is 17.0. The molecule has 4 rings (SSSR count). The van der Waals surface area contributed by atoms with E-state index < -0.39 is 0 Å². The van der Waals surface area contributed by atoms with Gasteiger partial charge in [-0.2, -0.15) is 10.4 Å². The maximum absolute atomic E-state index is 12.4. The number of anilines is 1. The summed E-state index contributed by atoms with van der Waals surface area (Å²) in [6, 6.07) is 10.4. The van der Waals surface area contributed by atoms with Crippen molar-refractivity contribution in [2.24, 2.45) is 11.7 Å². The summed E-state index contributed by atoms with van der Waals surface area (Å²) >= 11 is 0. The van der Waals surface area contributed by atoms with Crippen molar-refractivity contribution in [3.05, 3.63) is 36.7 Å². The van der Waals surface area contributed by atoms with E-state index in [1.165, 1.54) is 5.69 Å². The summed E-state index contributed by atoms with van der Waals surface area (Å²) in [5, 5.41) is 13.4. The Morgan fingerprint density at radius 3 is 2.43 bits per heavy atom. The van der Waals surface area contributed by atoms with Crippen LogP contribution in [0.5, 0.6) is 0 Å². The number of urea groups is 1. The molecule has 2 aromatic rings. The molecule has 0 bridgehead atoms. The molecule has 0 spiro atoms. The molecule has 0 radical (unpaired) electrons. The lowest BCUT2D eigenvalue weighted by molar-refractivity contribution is 0.205. The number of rotatable bonds is 4. The van der Waals surface area contributed by atoms with Crippen LogP contribution >= 0.6 is 0 Å². The van der Waals surface area contributed by atoms with Crippen LogP contribution in [0.4, 0.5) is 16.2 Å². The monoisotopic (exact) mass is 408 g/mol. The van der Waals surface area contributed by atoms with E-state index >= 15 is 0 Å². The number of likely N-dealkylation sites (tertiary alicyclic amines) is 1. The molecule has 3 heterocycles. The highest BCUT2D eigenvalue weighted by molar-refractivity contribution is 5.86. The average Bonchev–Trinajstić information content (AvgIpc) is 3.34. The highest BCUT2D eigenvalue weighted by Crippen LogP contribution is 2.37. The molecule has 2 amide bonds. The molecule has 1 aromatic carbocycles. The lowest BCUT2D eigenvalue weighted by atomic mass is 10.1. The number of carbonyl (C=O) groups excluding carboxylic acids is 1. The van der Waals surface area contributed by atoms with Crippen molar-refractivity contribution >= 4 is 17.4 Å². The number of piperazine rings is 1. The first-order chi connectivity index (χ1) is 14.4. The smallest absolute Gasteiger partial charge is 0.369 e. The molecule has 1 aromatic heterocycles. The zero-order valence-electron chi connectivity index (χ0n) is 17.7. The lowest BCUT2D eigenvalue weighted by Gasteiger charge is -2.35. The molecular weight excluding hydrogens is 378 g/mol. The zero-order valence-corrected chi connectivity index (χ0v) is 17.7. The number of quaternary nitrogens is 1. The predicted octanol–water partition coefficient (Wildman–Crippen LogP) is 2.33. The molecule has 2 unspecified atom stereocenters. The number of hydrogen-bond acceptors (Lipinski definition) is 5. The van der Waals surface area contributed by atoms with Gasteiger partial charge in [0.25, 0.3) is 0 Å². The van der Waals surface area contributed by atoms with Gasteiger partial charge in [0.2, 0.25) is 0 Å². The molecule has 0 saturated carbocycles. The van der Waals surface area contributed by atoms with Crippen LogP contribution in [0.25, 0.3) is 5.69 Å². The first kappa shape index (κ1) is 20.4. The highest BCUT2D eigenvalue weighted by atomic mass is 16.2. The summed E-state index contributed by atoms with van der Waals surface area (Å²) < 4.78 is 1.99. The normalized spacial score (nSPS) is 27.2. The molecule has 0 aliphatic carbocycles. The molecule has 2 N–H and O–H groups in total. The Hall–Kier alpha value is -2.89. The van der Waals surface area contributed by atoms with E-state index in [1.54, 1.807) is 6.20 Å². The van der Waals surface area contributed by atoms with Crippen molar-refractivity contribution in [1.29, 1.82) is 5.26 Å². The van der Waals surface area contributed by atoms with E-state index in [0.717, 1.165) is 50.5 Å². The molecule has 8 heteroatoms. The fourth-order valence-electron chi connectivity index (χ4n) is 5.04. The first-order valence-corrected chi connectivity index (χ1v) is 10.6. The quantitative estimate of drug-likeness (QED) is 0.619. The Kier molecular flexibility index (Phi) is 5.50. The second kappa shape index (κ2) is 8.09. The molecule has 3 atom stereocenters. The Labute approximate surface area is 177 Å². The van der Waals surface area contributed by atoms with E-state index in [1.807, 2.05) is 10.9 Å². The third-order valence-corrected chi connectivity index (χ3v) is 6.66. The van der Waals surface area contributed by atoms with Crippen molar-refractivity contribution in [2.45, 2.75) is 26.3 Å². The van der Waals surface area contributed by atoms with Crippen LogP contribution < -0.4 is 15.1 Å². The molecule has 8 nitrogen and oxygen atoms in total. The van der Waals surface area contributed by atoms with Crippen LogP contribution in [0.15, 0.2) is 36.7 Å². The summed E-state index contributed by atoms with van der Waals surface area (Å²) in [5.74, 6) is 0.448. The molecule has 2 saturated heterocycles. The van der Waals surface area contributed by atoms with Gasteiger partial charge in [-0.3, -0.25) is 4.90 Å². The van der Waals surface area contributed by atoms with Crippen LogP contribution in [-0.2, 0) is 0 Å². The van der Waals surface area contributed by atoms with Gasteiger partial charge in [0.15, 0.2) is 5.69 Å². The van der Waals surface area contributed by atoms with Gasteiger partial charge in [-0.1, -0.05) is 6.92 Å². The number of amides is 2. The van der Waals surface area contributed by atoms with Gasteiger partial charge in [0.05, 0.1) is 31.0 Å². The van der Waals surface area contributed by atoms with Gasteiger partial charge in [-0.15, -0.1) is 0 Å². The summed E-state index contributed by atoms with van der Waals surface area (Å²) in [7, 11) is 0. The lowest BCUT2D eigenvalue weighted by Crippen LogP contribution is -2.59. The van der Waals surface area contributed by atoms with Crippen molar-refractivity contribution in [3.63, 3.8) is 0 Å². The van der Waals surface area contributed by atoms with E-state index in [4.69, 9.17) is 11.0 Å². The van der Waals surface area contributed by atoms with Crippen LogP contribution in [0.1, 0.15) is 20.3 Å². The Morgan fingerprint density at radius 2 is 1.87 bits per heavy atom. The van der Waals surface area contributed by atoms with Gasteiger partial charge < -0.3 is 10.6 Å². The van der Waals surface area contributed by atoms with Crippen LogP contribution in [-0.4, -0.2) is 66.0 Å². The SMILES string of the molecule is CC1C[C@H](C)C[N+]1(C(N)=O)c1cnn(-c2ccc(N3CCN(CC#N)CC3)cc2)c1. The topological polar surface area (TPSA) is 91.2 Å². The van der Waals surface area contributed by atoms with Crippen LogP contribution in [0, 0.1) is 17.2 Å².